The molecule has 3 rings (SSSR count). The summed E-state index contributed by atoms with van der Waals surface area (Å²) in [4.78, 5) is 5.00. The second-order valence-corrected chi connectivity index (χ2v) is 8.26. The second-order valence-electron chi connectivity index (χ2n) is 7.47. The predicted octanol–water partition coefficient (Wildman–Crippen LogP) is 4.41. The van der Waals surface area contributed by atoms with Gasteiger partial charge in [0.2, 0.25) is 0 Å². The van der Waals surface area contributed by atoms with Crippen LogP contribution in [0.5, 0.6) is 0 Å². The van der Waals surface area contributed by atoms with E-state index in [1.54, 1.807) is 0 Å². The van der Waals surface area contributed by atoms with Gasteiger partial charge in [-0.3, -0.25) is 4.90 Å². The zero-order chi connectivity index (χ0) is 17.1. The number of benzene rings is 1. The minimum atomic E-state index is 0.450. The molecule has 1 aromatic carbocycles. The summed E-state index contributed by atoms with van der Waals surface area (Å²) in [6.07, 6.45) is 6.36. The number of halogens is 2. The minimum Gasteiger partial charge on any atom is -0.367 e. The van der Waals surface area contributed by atoms with Crippen molar-refractivity contribution < 1.29 is 0 Å². The van der Waals surface area contributed by atoms with Gasteiger partial charge in [0.05, 0.1) is 15.7 Å². The molecular formula is C19H29Cl2N3. The molecule has 1 aliphatic heterocycles. The first-order chi connectivity index (χ1) is 11.5. The molecule has 24 heavy (non-hydrogen) atoms. The van der Waals surface area contributed by atoms with Crippen LogP contribution in [0.3, 0.4) is 0 Å². The van der Waals surface area contributed by atoms with Crippen LogP contribution in [-0.4, -0.2) is 43.2 Å². The molecule has 1 heterocycles. The molecule has 5 heteroatoms. The molecule has 0 unspecified atom stereocenters. The third-order valence-electron chi connectivity index (χ3n) is 5.75. The predicted molar refractivity (Wildman–Crippen MR) is 104 cm³/mol. The van der Waals surface area contributed by atoms with E-state index >= 15 is 0 Å². The SMILES string of the molecule is C[C@@H]1CN(c2cccc(Cl)c2Cl)CCN1CCC1CCC(N)CC1. The number of hydrogen-bond acceptors (Lipinski definition) is 3. The maximum atomic E-state index is 6.39. The van der Waals surface area contributed by atoms with Crippen LogP contribution in [0, 0.1) is 5.92 Å². The topological polar surface area (TPSA) is 32.5 Å². The molecule has 2 aliphatic rings. The van der Waals surface area contributed by atoms with E-state index in [1.807, 2.05) is 12.1 Å². The average Bonchev–Trinajstić information content (AvgIpc) is 2.58. The molecule has 1 aromatic rings. The van der Waals surface area contributed by atoms with Crippen molar-refractivity contribution in [1.29, 1.82) is 0 Å². The summed E-state index contributed by atoms with van der Waals surface area (Å²) in [5.74, 6) is 0.873. The van der Waals surface area contributed by atoms with Gasteiger partial charge in [0.25, 0.3) is 0 Å². The number of hydrogen-bond donors (Lipinski definition) is 1. The normalized spacial score (nSPS) is 29.0. The lowest BCUT2D eigenvalue weighted by molar-refractivity contribution is 0.167. The van der Waals surface area contributed by atoms with Crippen LogP contribution < -0.4 is 10.6 Å². The number of anilines is 1. The molecular weight excluding hydrogens is 341 g/mol. The van der Waals surface area contributed by atoms with Crippen molar-refractivity contribution in [1.82, 2.24) is 4.90 Å². The minimum absolute atomic E-state index is 0.450. The smallest absolute Gasteiger partial charge is 0.0825 e. The summed E-state index contributed by atoms with van der Waals surface area (Å²) in [5, 5.41) is 1.32. The molecule has 2 fully saturated rings. The van der Waals surface area contributed by atoms with Gasteiger partial charge in [0.1, 0.15) is 0 Å². The maximum Gasteiger partial charge on any atom is 0.0825 e. The molecule has 0 spiro atoms. The van der Waals surface area contributed by atoms with Crippen molar-refractivity contribution in [3.05, 3.63) is 28.2 Å². The van der Waals surface area contributed by atoms with Crippen molar-refractivity contribution in [2.75, 3.05) is 31.1 Å². The largest absolute Gasteiger partial charge is 0.367 e. The summed E-state index contributed by atoms with van der Waals surface area (Å²) < 4.78 is 0. The Bertz CT molecular complexity index is 543. The van der Waals surface area contributed by atoms with Gasteiger partial charge in [-0.05, 0) is 63.6 Å². The van der Waals surface area contributed by atoms with E-state index in [2.05, 4.69) is 22.8 Å². The molecule has 0 radical (unpaired) electrons. The summed E-state index contributed by atoms with van der Waals surface area (Å²) >= 11 is 12.6. The quantitative estimate of drug-likeness (QED) is 0.852. The van der Waals surface area contributed by atoms with Crippen molar-refractivity contribution in [2.24, 2.45) is 11.7 Å². The van der Waals surface area contributed by atoms with Gasteiger partial charge in [-0.2, -0.15) is 0 Å². The van der Waals surface area contributed by atoms with Crippen molar-refractivity contribution in [3.63, 3.8) is 0 Å². The summed E-state index contributed by atoms with van der Waals surface area (Å²) in [6.45, 7) is 6.64. The van der Waals surface area contributed by atoms with Gasteiger partial charge in [0, 0.05) is 31.7 Å². The Kier molecular flexibility index (Phi) is 6.31. The van der Waals surface area contributed by atoms with Gasteiger partial charge in [-0.25, -0.2) is 0 Å². The first kappa shape index (κ1) is 18.3. The van der Waals surface area contributed by atoms with Gasteiger partial charge in [-0.15, -0.1) is 0 Å². The highest BCUT2D eigenvalue weighted by atomic mass is 35.5. The lowest BCUT2D eigenvalue weighted by atomic mass is 9.84. The Hall–Kier alpha value is -0.480. The maximum absolute atomic E-state index is 6.39. The lowest BCUT2D eigenvalue weighted by Gasteiger charge is -2.42. The van der Waals surface area contributed by atoms with Crippen molar-refractivity contribution in [3.8, 4) is 0 Å². The van der Waals surface area contributed by atoms with E-state index in [1.165, 1.54) is 38.6 Å². The number of nitrogens with two attached hydrogens (primary N) is 1. The Morgan fingerprint density at radius 2 is 1.88 bits per heavy atom. The van der Waals surface area contributed by atoms with Crippen LogP contribution in [0.1, 0.15) is 39.0 Å². The average molecular weight is 370 g/mol. The van der Waals surface area contributed by atoms with Crippen LogP contribution in [-0.2, 0) is 0 Å². The Balaban J connectivity index is 1.51. The van der Waals surface area contributed by atoms with Crippen LogP contribution in [0.25, 0.3) is 0 Å². The number of nitrogens with zero attached hydrogens (tertiary/aromatic N) is 2. The van der Waals surface area contributed by atoms with E-state index in [0.717, 1.165) is 31.2 Å². The highest BCUT2D eigenvalue weighted by Gasteiger charge is 2.26. The second kappa shape index (κ2) is 8.27. The zero-order valence-electron chi connectivity index (χ0n) is 14.6. The summed E-state index contributed by atoms with van der Waals surface area (Å²) in [5.41, 5.74) is 7.08. The van der Waals surface area contributed by atoms with Gasteiger partial charge in [-0.1, -0.05) is 29.3 Å². The molecule has 0 bridgehead atoms. The van der Waals surface area contributed by atoms with Gasteiger partial charge >= 0.3 is 0 Å². The first-order valence-electron chi connectivity index (χ1n) is 9.23. The molecule has 0 aromatic heterocycles. The first-order valence-corrected chi connectivity index (χ1v) is 9.98. The van der Waals surface area contributed by atoms with E-state index in [-0.39, 0.29) is 0 Å². The standard InChI is InChI=1S/C19H29Cl2N3/c1-14-13-24(18-4-2-3-17(20)19(18)21)12-11-23(14)10-9-15-5-7-16(22)8-6-15/h2-4,14-16H,5-13,22H2,1H3/t14-,15?,16?/m1/s1. The Morgan fingerprint density at radius 3 is 2.58 bits per heavy atom. The third-order valence-corrected chi connectivity index (χ3v) is 6.56. The molecule has 1 atom stereocenters. The molecule has 134 valence electrons. The van der Waals surface area contributed by atoms with Crippen molar-refractivity contribution in [2.45, 2.75) is 51.1 Å². The fourth-order valence-corrected chi connectivity index (χ4v) is 4.52. The van der Waals surface area contributed by atoms with Gasteiger partial charge < -0.3 is 10.6 Å². The van der Waals surface area contributed by atoms with E-state index in [9.17, 15) is 0 Å². The molecule has 3 nitrogen and oxygen atoms in total. The van der Waals surface area contributed by atoms with Crippen LogP contribution in [0.15, 0.2) is 18.2 Å². The molecule has 1 saturated heterocycles. The van der Waals surface area contributed by atoms with Crippen molar-refractivity contribution >= 4 is 28.9 Å². The highest BCUT2D eigenvalue weighted by molar-refractivity contribution is 6.43. The Labute approximate surface area is 156 Å². The van der Waals surface area contributed by atoms with Crippen LogP contribution in [0.2, 0.25) is 10.0 Å². The lowest BCUT2D eigenvalue weighted by Crippen LogP contribution is -2.52. The van der Waals surface area contributed by atoms with Crippen LogP contribution >= 0.6 is 23.2 Å². The number of piperazine rings is 1. The summed E-state index contributed by atoms with van der Waals surface area (Å²) in [7, 11) is 0. The van der Waals surface area contributed by atoms with Gasteiger partial charge in [0.15, 0.2) is 0 Å². The summed E-state index contributed by atoms with van der Waals surface area (Å²) in [6, 6.07) is 6.89. The fraction of sp³-hybridized carbons (Fsp3) is 0.684. The monoisotopic (exact) mass is 369 g/mol. The van der Waals surface area contributed by atoms with E-state index in [0.29, 0.717) is 22.1 Å². The molecule has 1 aliphatic carbocycles. The Morgan fingerprint density at radius 1 is 1.12 bits per heavy atom. The molecule has 1 saturated carbocycles. The molecule has 0 amide bonds. The third kappa shape index (κ3) is 4.37. The van der Waals surface area contributed by atoms with E-state index < -0.39 is 0 Å². The number of rotatable bonds is 4. The van der Waals surface area contributed by atoms with E-state index in [4.69, 9.17) is 28.9 Å². The fourth-order valence-electron chi connectivity index (χ4n) is 4.11. The molecule has 2 N–H and O–H groups in total. The highest BCUT2D eigenvalue weighted by Crippen LogP contribution is 2.33. The zero-order valence-corrected chi connectivity index (χ0v) is 16.1. The van der Waals surface area contributed by atoms with Crippen LogP contribution in [0.4, 0.5) is 5.69 Å².